The zero-order chi connectivity index (χ0) is 52.3. The summed E-state index contributed by atoms with van der Waals surface area (Å²) in [6, 6.07) is 73.2. The van der Waals surface area contributed by atoms with Crippen molar-refractivity contribution in [1.29, 1.82) is 0 Å². The maximum atomic E-state index is 15.1. The van der Waals surface area contributed by atoms with Gasteiger partial charge in [-0.15, -0.1) is 0 Å². The number of fused-ring (bicyclic) bond motifs is 6. The zero-order valence-electron chi connectivity index (χ0n) is 41.3. The number of benzene rings is 9. The first-order valence-electron chi connectivity index (χ1n) is 25.3. The molecule has 14 aromatic rings. The van der Waals surface area contributed by atoms with Crippen LogP contribution in [0, 0.1) is 0 Å². The lowest BCUT2D eigenvalue weighted by Gasteiger charge is -2.20. The van der Waals surface area contributed by atoms with E-state index in [-0.39, 0.29) is 0 Å². The Labute approximate surface area is 444 Å². The highest BCUT2D eigenvalue weighted by atomic mass is 19.4. The molecule has 0 N–H and O–H groups in total. The van der Waals surface area contributed by atoms with E-state index in [1.807, 2.05) is 199 Å². The fourth-order valence-corrected chi connectivity index (χ4v) is 10.5. The molecule has 0 radical (unpaired) electrons. The van der Waals surface area contributed by atoms with Crippen LogP contribution >= 0.6 is 0 Å². The van der Waals surface area contributed by atoms with Gasteiger partial charge in [0.25, 0.3) is 0 Å². The second-order valence-corrected chi connectivity index (χ2v) is 18.9. The topological polar surface area (TPSA) is 100 Å². The van der Waals surface area contributed by atoms with Gasteiger partial charge < -0.3 is 9.13 Å². The largest absolute Gasteiger partial charge is 0.416 e. The number of para-hydroxylation sites is 2. The number of hydrogen-bond donors (Lipinski definition) is 0. The van der Waals surface area contributed by atoms with Crippen LogP contribution in [0.4, 0.5) is 13.2 Å². The maximum absolute atomic E-state index is 15.1. The molecule has 9 aromatic carbocycles. The number of alkyl halides is 3. The van der Waals surface area contributed by atoms with Crippen LogP contribution in [0.3, 0.4) is 0 Å². The summed E-state index contributed by atoms with van der Waals surface area (Å²) in [5, 5.41) is 3.60. The molecule has 5 heterocycles. The van der Waals surface area contributed by atoms with Crippen LogP contribution in [0.25, 0.3) is 134 Å². The van der Waals surface area contributed by atoms with E-state index in [1.54, 1.807) is 18.5 Å². The van der Waals surface area contributed by atoms with E-state index < -0.39 is 11.7 Å². The summed E-state index contributed by atoms with van der Waals surface area (Å²) in [4.78, 5) is 34.5. The third kappa shape index (κ3) is 8.10. The molecular formula is C66H40F3N9. The molecular weight excluding hydrogens is 976 g/mol. The molecule has 9 nitrogen and oxygen atoms in total. The van der Waals surface area contributed by atoms with Gasteiger partial charge >= 0.3 is 6.18 Å². The molecule has 0 aliphatic carbocycles. The number of aromatic nitrogens is 9. The van der Waals surface area contributed by atoms with Crippen molar-refractivity contribution in [2.75, 3.05) is 0 Å². The number of pyridine rings is 1. The minimum atomic E-state index is -4.65. The van der Waals surface area contributed by atoms with E-state index in [0.717, 1.165) is 83.1 Å². The van der Waals surface area contributed by atoms with Gasteiger partial charge in [0.2, 0.25) is 0 Å². The SMILES string of the molecule is FC(F)(F)c1ccc(-n2c3ccccc3c3cc(-c4nc(-c5ccccc5)nc(-c5ccccc5)n4)ccc32)c(-c2cnccc2-n2c3ccccc3c3cc(-c4nc(-c5ccccc5)nc(-c5ccccc5)n4)ccc32)c1. The smallest absolute Gasteiger partial charge is 0.309 e. The van der Waals surface area contributed by atoms with Crippen LogP contribution in [-0.4, -0.2) is 44.0 Å². The molecule has 0 aliphatic heterocycles. The van der Waals surface area contributed by atoms with E-state index in [1.165, 1.54) is 6.07 Å². The van der Waals surface area contributed by atoms with Gasteiger partial charge in [0.1, 0.15) is 0 Å². The molecule has 0 unspecified atom stereocenters. The van der Waals surface area contributed by atoms with E-state index in [4.69, 9.17) is 29.9 Å². The lowest BCUT2D eigenvalue weighted by molar-refractivity contribution is -0.137. The second-order valence-electron chi connectivity index (χ2n) is 18.9. The Balaban J connectivity index is 0.948. The lowest BCUT2D eigenvalue weighted by Crippen LogP contribution is -2.08. The summed E-state index contributed by atoms with van der Waals surface area (Å²) in [5.41, 5.74) is 9.43. The van der Waals surface area contributed by atoms with E-state index >= 15 is 13.2 Å². The normalized spacial score (nSPS) is 11.8. The fourth-order valence-electron chi connectivity index (χ4n) is 10.5. The molecule has 0 aliphatic rings. The van der Waals surface area contributed by atoms with Crippen LogP contribution in [0.5, 0.6) is 0 Å². The van der Waals surface area contributed by atoms with Gasteiger partial charge in [-0.1, -0.05) is 158 Å². The number of nitrogens with zero attached hydrogens (tertiary/aromatic N) is 9. The van der Waals surface area contributed by atoms with Crippen LogP contribution in [0.1, 0.15) is 5.56 Å². The van der Waals surface area contributed by atoms with Gasteiger partial charge in [0, 0.05) is 78.4 Å². The molecule has 12 heteroatoms. The number of rotatable bonds is 9. The monoisotopic (exact) mass is 1020 g/mol. The van der Waals surface area contributed by atoms with Gasteiger partial charge in [-0.25, -0.2) is 29.9 Å². The van der Waals surface area contributed by atoms with Crippen molar-refractivity contribution in [2.45, 2.75) is 6.18 Å². The number of hydrogen-bond acceptors (Lipinski definition) is 7. The summed E-state index contributed by atoms with van der Waals surface area (Å²) < 4.78 is 49.4. The number of halogens is 3. The maximum Gasteiger partial charge on any atom is 0.416 e. The summed E-state index contributed by atoms with van der Waals surface area (Å²) in [6.07, 6.45) is -1.31. The molecule has 78 heavy (non-hydrogen) atoms. The minimum Gasteiger partial charge on any atom is -0.309 e. The van der Waals surface area contributed by atoms with Gasteiger partial charge in [-0.2, -0.15) is 13.2 Å². The Bertz CT molecular complexity index is 4480. The Morgan fingerprint density at radius 3 is 1.06 bits per heavy atom. The highest BCUT2D eigenvalue weighted by Crippen LogP contribution is 2.44. The average molecular weight is 1020 g/mol. The predicted octanol–water partition coefficient (Wildman–Crippen LogP) is 16.3. The quantitative estimate of drug-likeness (QED) is 0.142. The van der Waals surface area contributed by atoms with E-state index in [9.17, 15) is 0 Å². The van der Waals surface area contributed by atoms with Crippen LogP contribution < -0.4 is 0 Å². The lowest BCUT2D eigenvalue weighted by atomic mass is 9.99. The highest BCUT2D eigenvalue weighted by molar-refractivity contribution is 6.12. The van der Waals surface area contributed by atoms with E-state index in [0.29, 0.717) is 57.4 Å². The van der Waals surface area contributed by atoms with E-state index in [2.05, 4.69) is 27.8 Å². The van der Waals surface area contributed by atoms with Crippen molar-refractivity contribution < 1.29 is 13.2 Å². The summed E-state index contributed by atoms with van der Waals surface area (Å²) in [7, 11) is 0. The van der Waals surface area contributed by atoms with Crippen molar-refractivity contribution in [1.82, 2.24) is 44.0 Å². The van der Waals surface area contributed by atoms with Gasteiger partial charge in [-0.3, -0.25) is 4.98 Å². The Kier molecular flexibility index (Phi) is 11.1. The third-order valence-corrected chi connectivity index (χ3v) is 14.2. The zero-order valence-corrected chi connectivity index (χ0v) is 41.3. The van der Waals surface area contributed by atoms with Crippen LogP contribution in [0.2, 0.25) is 0 Å². The molecule has 0 saturated carbocycles. The fraction of sp³-hybridized carbons (Fsp3) is 0.0152. The standard InChI is InChI=1S/C66H40F3N9/c67-66(68,69)47-31-34-58(77-54-27-15-13-25-48(54)50-37-45(29-32-56(50)77)64-73-60(41-17-5-1-6-18-41)71-61(74-64)42-19-7-2-8-20-42)52(39-47)53-40-70-36-35-59(53)78-55-28-16-14-26-49(55)51-38-46(30-33-57(51)78)65-75-62(43-21-9-3-10-22-43)72-63(76-65)44-23-11-4-12-24-44/h1-40H. The molecule has 0 spiro atoms. The minimum absolute atomic E-state index is 0.340. The third-order valence-electron chi connectivity index (χ3n) is 14.2. The summed E-state index contributed by atoms with van der Waals surface area (Å²) >= 11 is 0. The Hall–Kier alpha value is -10.5. The predicted molar refractivity (Wildman–Crippen MR) is 303 cm³/mol. The highest BCUT2D eigenvalue weighted by Gasteiger charge is 2.32. The van der Waals surface area contributed by atoms with Gasteiger partial charge in [0.05, 0.1) is 39.0 Å². The molecule has 0 fully saturated rings. The molecule has 14 rings (SSSR count). The van der Waals surface area contributed by atoms with Crippen LogP contribution in [0.15, 0.2) is 243 Å². The molecule has 0 bridgehead atoms. The van der Waals surface area contributed by atoms with Crippen molar-refractivity contribution in [3.05, 3.63) is 248 Å². The molecule has 0 atom stereocenters. The average Bonchev–Trinajstić information content (AvgIpc) is 4.25. The molecule has 0 saturated heterocycles. The summed E-state index contributed by atoms with van der Waals surface area (Å²) in [6.45, 7) is 0. The van der Waals surface area contributed by atoms with Gasteiger partial charge in [0.15, 0.2) is 34.9 Å². The second kappa shape index (κ2) is 18.7. The first-order valence-corrected chi connectivity index (χ1v) is 25.3. The van der Waals surface area contributed by atoms with Crippen molar-refractivity contribution in [3.63, 3.8) is 0 Å². The summed E-state index contributed by atoms with van der Waals surface area (Å²) in [5.74, 6) is 3.13. The molecule has 5 aromatic heterocycles. The first kappa shape index (κ1) is 46.1. The molecule has 0 amide bonds. The van der Waals surface area contributed by atoms with Crippen molar-refractivity contribution >= 4 is 43.6 Å². The Morgan fingerprint density at radius 1 is 0.295 bits per heavy atom. The van der Waals surface area contributed by atoms with Crippen molar-refractivity contribution in [2.24, 2.45) is 0 Å². The van der Waals surface area contributed by atoms with Gasteiger partial charge in [-0.05, 0) is 72.8 Å². The first-order chi connectivity index (χ1) is 38.3. The molecule has 370 valence electrons. The van der Waals surface area contributed by atoms with Crippen molar-refractivity contribution in [3.8, 4) is 90.8 Å². The van der Waals surface area contributed by atoms with Crippen LogP contribution in [-0.2, 0) is 6.18 Å². The Morgan fingerprint density at radius 2 is 0.654 bits per heavy atom.